The second-order valence-corrected chi connectivity index (χ2v) is 14.7. The van der Waals surface area contributed by atoms with Crippen LogP contribution in [0, 0.1) is 6.92 Å². The third-order valence-electron chi connectivity index (χ3n) is 10.7. The van der Waals surface area contributed by atoms with Crippen LogP contribution < -0.4 is 5.73 Å². The summed E-state index contributed by atoms with van der Waals surface area (Å²) in [6, 6.07) is 22.9. The quantitative estimate of drug-likeness (QED) is 0.0837. The smallest absolute Gasteiger partial charge is 0.337 e. The highest BCUT2D eigenvalue weighted by Gasteiger charge is 2.18. The minimum atomic E-state index is -0.410. The summed E-state index contributed by atoms with van der Waals surface area (Å²) < 4.78 is 9.96. The van der Waals surface area contributed by atoms with Crippen LogP contribution in [-0.2, 0) is 22.3 Å². The van der Waals surface area contributed by atoms with Crippen molar-refractivity contribution in [3.63, 3.8) is 0 Å². The van der Waals surface area contributed by atoms with Crippen molar-refractivity contribution in [2.24, 2.45) is 0 Å². The van der Waals surface area contributed by atoms with Crippen molar-refractivity contribution in [1.82, 2.24) is 15.0 Å². The number of rotatable bonds is 14. The van der Waals surface area contributed by atoms with Crippen molar-refractivity contribution < 1.29 is 19.1 Å². The zero-order valence-corrected chi connectivity index (χ0v) is 33.9. The zero-order chi connectivity index (χ0) is 40.3. The standard InChI is InChI=1S/C49H54N4O4/c1-6-8-10-12-14-37-32(3)16-25-39(50)46(33-17-21-35(22-18-33)48(54)56-4)43-30-31-45(53-43)47(34-19-23-36(24-20-34)49(55)57-5)44-29-28-42(52-44)38(15-13-11-9-7-2)41-27-26-40(37)51-41/h16-31,52H,6-15,50H2,1-5H3. The highest BCUT2D eigenvalue weighted by atomic mass is 16.5. The predicted molar refractivity (Wildman–Crippen MR) is 234 cm³/mol. The Morgan fingerprint density at radius 3 is 1.60 bits per heavy atom. The maximum absolute atomic E-state index is 12.4. The highest BCUT2D eigenvalue weighted by Crippen LogP contribution is 2.36. The van der Waals surface area contributed by atoms with Gasteiger partial charge in [0, 0.05) is 33.4 Å². The summed E-state index contributed by atoms with van der Waals surface area (Å²) in [5, 5.41) is 0. The molecule has 0 amide bonds. The van der Waals surface area contributed by atoms with E-state index in [2.05, 4.69) is 56.1 Å². The number of fused-ring (bicyclic) bond motifs is 6. The van der Waals surface area contributed by atoms with E-state index in [1.807, 2.05) is 42.5 Å². The topological polar surface area (TPSA) is 120 Å². The number of nitrogens with zero attached hydrogens (tertiary/aromatic N) is 2. The van der Waals surface area contributed by atoms with Crippen molar-refractivity contribution in [2.75, 3.05) is 20.0 Å². The van der Waals surface area contributed by atoms with Gasteiger partial charge in [-0.05, 0) is 122 Å². The number of hydrogen-bond donors (Lipinski definition) is 2. The molecule has 0 aliphatic carbocycles. The maximum Gasteiger partial charge on any atom is 0.337 e. The number of anilines is 1. The van der Waals surface area contributed by atoms with E-state index in [9.17, 15) is 9.59 Å². The van der Waals surface area contributed by atoms with E-state index < -0.39 is 11.9 Å². The first-order chi connectivity index (χ1) is 27.8. The van der Waals surface area contributed by atoms with Gasteiger partial charge in [-0.25, -0.2) is 19.6 Å². The highest BCUT2D eigenvalue weighted by molar-refractivity contribution is 5.96. The number of hydrogen-bond acceptors (Lipinski definition) is 7. The maximum atomic E-state index is 12.4. The number of nitrogens with two attached hydrogens (primary N) is 1. The van der Waals surface area contributed by atoms with Gasteiger partial charge in [-0.2, -0.15) is 0 Å². The number of H-pyrrole nitrogens is 1. The Hall–Kier alpha value is -6.02. The Morgan fingerprint density at radius 1 is 0.561 bits per heavy atom. The van der Waals surface area contributed by atoms with Crippen LogP contribution >= 0.6 is 0 Å². The van der Waals surface area contributed by atoms with Crippen LogP contribution in [0.2, 0.25) is 0 Å². The Bertz CT molecular complexity index is 2350. The number of carbonyl (C=O) groups is 2. The molecule has 0 radical (unpaired) electrons. The second kappa shape index (κ2) is 19.2. The van der Waals surface area contributed by atoms with Crippen LogP contribution in [0.4, 0.5) is 5.69 Å². The molecule has 0 saturated carbocycles. The fourth-order valence-electron chi connectivity index (χ4n) is 7.53. The van der Waals surface area contributed by atoms with E-state index in [-0.39, 0.29) is 0 Å². The minimum absolute atomic E-state index is 0.398. The molecule has 8 heteroatoms. The fraction of sp³-hybridized carbons (Fsp3) is 0.306. The number of aryl methyl sites for hydroxylation is 2. The molecule has 57 heavy (non-hydrogen) atoms. The molecular formula is C49H54N4O4. The summed E-state index contributed by atoms with van der Waals surface area (Å²) in [4.78, 5) is 39.1. The van der Waals surface area contributed by atoms with Crippen molar-refractivity contribution in [1.29, 1.82) is 0 Å². The molecule has 2 aromatic carbocycles. The van der Waals surface area contributed by atoms with Gasteiger partial charge < -0.3 is 20.2 Å². The van der Waals surface area contributed by atoms with Crippen molar-refractivity contribution in [3.8, 4) is 22.3 Å². The molecule has 0 spiro atoms. The van der Waals surface area contributed by atoms with E-state index in [0.29, 0.717) is 22.5 Å². The molecule has 8 nitrogen and oxygen atoms in total. The zero-order valence-electron chi connectivity index (χ0n) is 33.9. The Kier molecular flexibility index (Phi) is 13.7. The molecule has 6 bridgehead atoms. The molecule has 0 fully saturated rings. The number of nitrogens with one attached hydrogen (secondary N) is 1. The molecule has 0 atom stereocenters. The molecule has 3 N–H and O–H groups in total. The monoisotopic (exact) mass is 762 g/mol. The Balaban J connectivity index is 1.69. The van der Waals surface area contributed by atoms with Gasteiger partial charge in [0.25, 0.3) is 0 Å². The Morgan fingerprint density at radius 2 is 1.04 bits per heavy atom. The van der Waals surface area contributed by atoms with Gasteiger partial charge in [0.15, 0.2) is 0 Å². The number of nitrogen functional groups attached to an aromatic ring is 1. The van der Waals surface area contributed by atoms with Gasteiger partial charge in [0.1, 0.15) is 0 Å². The van der Waals surface area contributed by atoms with Crippen LogP contribution in [0.15, 0.2) is 72.8 Å². The van der Waals surface area contributed by atoms with Crippen LogP contribution in [0.25, 0.3) is 57.6 Å². The van der Waals surface area contributed by atoms with Crippen molar-refractivity contribution in [2.45, 2.75) is 85.0 Å². The van der Waals surface area contributed by atoms with Gasteiger partial charge in [-0.3, -0.25) is 0 Å². The summed E-state index contributed by atoms with van der Waals surface area (Å²) in [5.74, 6) is -0.808. The molecule has 2 aliphatic heterocycles. The van der Waals surface area contributed by atoms with Crippen LogP contribution in [0.3, 0.4) is 0 Å². The summed E-state index contributed by atoms with van der Waals surface area (Å²) in [6.45, 7) is 6.61. The number of aromatic amines is 1. The first-order valence-corrected chi connectivity index (χ1v) is 20.2. The number of aromatic nitrogens is 3. The van der Waals surface area contributed by atoms with Crippen molar-refractivity contribution in [3.05, 3.63) is 123 Å². The van der Waals surface area contributed by atoms with Crippen LogP contribution in [0.5, 0.6) is 0 Å². The van der Waals surface area contributed by atoms with E-state index >= 15 is 0 Å². The lowest BCUT2D eigenvalue weighted by Crippen LogP contribution is -2.00. The first-order valence-electron chi connectivity index (χ1n) is 20.2. The predicted octanol–water partition coefficient (Wildman–Crippen LogP) is 11.8. The molecule has 0 unspecified atom stereocenters. The lowest BCUT2D eigenvalue weighted by atomic mass is 9.99. The fourth-order valence-corrected chi connectivity index (χ4v) is 7.53. The number of carbonyl (C=O) groups excluding carboxylic acids is 2. The number of methoxy groups -OCH3 is 2. The van der Waals surface area contributed by atoms with Gasteiger partial charge in [-0.1, -0.05) is 82.7 Å². The normalized spacial score (nSPS) is 11.7. The van der Waals surface area contributed by atoms with Gasteiger partial charge >= 0.3 is 11.9 Å². The SMILES string of the molecule is CCCCCCc1c(C)ccc(N)c(-c2ccc(C(=O)OC)cc2)c2nc(c(-c3ccc(C(=O)OC)cc3)c3ccc([nH]3)c(CCCCCC)c3nc1C=C3)C=C2. The molecule has 294 valence electrons. The summed E-state index contributed by atoms with van der Waals surface area (Å²) in [7, 11) is 2.75. The average molecular weight is 763 g/mol. The number of benzene rings is 2. The molecule has 4 heterocycles. The number of unbranched alkanes of at least 4 members (excludes halogenated alkanes) is 6. The van der Waals surface area contributed by atoms with Gasteiger partial charge in [0.2, 0.25) is 0 Å². The molecule has 0 saturated heterocycles. The molecule has 6 rings (SSSR count). The molecular weight excluding hydrogens is 709 g/mol. The van der Waals surface area contributed by atoms with Crippen molar-refractivity contribution >= 4 is 53.0 Å². The number of ether oxygens (including phenoxy) is 2. The van der Waals surface area contributed by atoms with Crippen LogP contribution in [0.1, 0.15) is 125 Å². The first kappa shape index (κ1) is 40.6. The van der Waals surface area contributed by atoms with Crippen LogP contribution in [-0.4, -0.2) is 41.1 Å². The largest absolute Gasteiger partial charge is 0.465 e. The second-order valence-electron chi connectivity index (χ2n) is 14.7. The third-order valence-corrected chi connectivity index (χ3v) is 10.7. The van der Waals surface area contributed by atoms with E-state index in [4.69, 9.17) is 25.2 Å². The molecule has 4 aromatic rings. The summed E-state index contributed by atoms with van der Waals surface area (Å²) in [6.07, 6.45) is 19.3. The average Bonchev–Trinajstić information content (AvgIpc) is 4.03. The summed E-state index contributed by atoms with van der Waals surface area (Å²) in [5.41, 5.74) is 20.6. The third kappa shape index (κ3) is 9.51. The van der Waals surface area contributed by atoms with Gasteiger partial charge in [-0.15, -0.1) is 0 Å². The lowest BCUT2D eigenvalue weighted by Gasteiger charge is -2.08. The minimum Gasteiger partial charge on any atom is -0.465 e. The Labute approximate surface area is 336 Å². The molecule has 2 aliphatic rings. The lowest BCUT2D eigenvalue weighted by molar-refractivity contribution is 0.0592. The number of esters is 2. The molecule has 2 aromatic heterocycles. The van der Waals surface area contributed by atoms with E-state index in [1.165, 1.54) is 51.0 Å². The van der Waals surface area contributed by atoms with E-state index in [1.54, 1.807) is 24.3 Å². The van der Waals surface area contributed by atoms with E-state index in [0.717, 1.165) is 94.5 Å². The summed E-state index contributed by atoms with van der Waals surface area (Å²) >= 11 is 0. The van der Waals surface area contributed by atoms with Gasteiger partial charge in [0.05, 0.1) is 48.1 Å².